The molecule has 0 radical (unpaired) electrons. The SMILES string of the molecule is O=C(O)C1(C(=O)Nc2cccc(CSC3CCOCC3)c2)CC1. The van der Waals surface area contributed by atoms with E-state index in [2.05, 4.69) is 5.32 Å². The van der Waals surface area contributed by atoms with Crippen LogP contribution in [-0.4, -0.2) is 35.4 Å². The molecular weight excluding hydrogens is 314 g/mol. The maximum absolute atomic E-state index is 12.1. The standard InChI is InChI=1S/C17H21NO4S/c19-15(17(6-7-17)16(20)21)18-13-3-1-2-12(10-13)11-23-14-4-8-22-9-5-14/h1-3,10,14H,4-9,11H2,(H,18,19)(H,20,21). The van der Waals surface area contributed by atoms with Gasteiger partial charge in [-0.15, -0.1) is 0 Å². The second kappa shape index (κ2) is 6.93. The number of ether oxygens (including phenoxy) is 1. The molecular formula is C17H21NO4S. The van der Waals surface area contributed by atoms with Crippen LogP contribution < -0.4 is 5.32 Å². The summed E-state index contributed by atoms with van der Waals surface area (Å²) in [7, 11) is 0. The maximum Gasteiger partial charge on any atom is 0.319 e. The molecule has 1 heterocycles. The summed E-state index contributed by atoms with van der Waals surface area (Å²) in [4.78, 5) is 23.3. The Hall–Kier alpha value is -1.53. The highest BCUT2D eigenvalue weighted by molar-refractivity contribution is 7.99. The molecule has 1 saturated heterocycles. The average Bonchev–Trinajstić information content (AvgIpc) is 3.36. The van der Waals surface area contributed by atoms with Crippen LogP contribution >= 0.6 is 11.8 Å². The summed E-state index contributed by atoms with van der Waals surface area (Å²) >= 11 is 1.91. The van der Waals surface area contributed by atoms with Crippen molar-refractivity contribution in [2.45, 2.75) is 36.7 Å². The number of benzene rings is 1. The highest BCUT2D eigenvalue weighted by Crippen LogP contribution is 2.46. The van der Waals surface area contributed by atoms with Gasteiger partial charge in [0.15, 0.2) is 0 Å². The van der Waals surface area contributed by atoms with Crippen molar-refractivity contribution in [2.75, 3.05) is 18.5 Å². The number of thioether (sulfide) groups is 1. The Labute approximate surface area is 139 Å². The van der Waals surface area contributed by atoms with Crippen molar-refractivity contribution in [1.82, 2.24) is 0 Å². The van der Waals surface area contributed by atoms with Gasteiger partial charge in [-0.25, -0.2) is 0 Å². The second-order valence-electron chi connectivity index (χ2n) is 6.16. The molecule has 0 unspecified atom stereocenters. The third-order valence-electron chi connectivity index (χ3n) is 4.43. The van der Waals surface area contributed by atoms with Crippen LogP contribution in [0.4, 0.5) is 5.69 Å². The smallest absolute Gasteiger partial charge is 0.319 e. The minimum absolute atomic E-state index is 0.403. The molecule has 0 spiro atoms. The van der Waals surface area contributed by atoms with E-state index >= 15 is 0 Å². The van der Waals surface area contributed by atoms with Gasteiger partial charge in [0.1, 0.15) is 5.41 Å². The fourth-order valence-corrected chi connectivity index (χ4v) is 3.84. The van der Waals surface area contributed by atoms with E-state index in [4.69, 9.17) is 9.84 Å². The Morgan fingerprint density at radius 1 is 1.30 bits per heavy atom. The van der Waals surface area contributed by atoms with E-state index < -0.39 is 17.3 Å². The van der Waals surface area contributed by atoms with Gasteiger partial charge in [-0.2, -0.15) is 11.8 Å². The monoisotopic (exact) mass is 335 g/mol. The molecule has 6 heteroatoms. The average molecular weight is 335 g/mol. The van der Waals surface area contributed by atoms with Crippen LogP contribution in [0.2, 0.25) is 0 Å². The summed E-state index contributed by atoms with van der Waals surface area (Å²) in [6.45, 7) is 1.68. The Kier molecular flexibility index (Phi) is 4.92. The fourth-order valence-electron chi connectivity index (χ4n) is 2.71. The summed E-state index contributed by atoms with van der Waals surface area (Å²) in [5.74, 6) is -0.543. The molecule has 0 aromatic heterocycles. The minimum atomic E-state index is -1.20. The summed E-state index contributed by atoms with van der Waals surface area (Å²) in [5, 5.41) is 12.5. The second-order valence-corrected chi connectivity index (χ2v) is 7.45. The normalized spacial score (nSPS) is 20.0. The molecule has 1 aromatic rings. The summed E-state index contributed by atoms with van der Waals surface area (Å²) in [6.07, 6.45) is 3.02. The van der Waals surface area contributed by atoms with Crippen molar-refractivity contribution in [3.05, 3.63) is 29.8 Å². The summed E-state index contributed by atoms with van der Waals surface area (Å²) < 4.78 is 5.36. The quantitative estimate of drug-likeness (QED) is 0.782. The van der Waals surface area contributed by atoms with Gasteiger partial charge in [-0.05, 0) is 43.4 Å². The van der Waals surface area contributed by atoms with Gasteiger partial charge >= 0.3 is 5.97 Å². The number of nitrogens with one attached hydrogen (secondary N) is 1. The first-order valence-corrected chi connectivity index (χ1v) is 8.98. The molecule has 23 heavy (non-hydrogen) atoms. The molecule has 1 amide bonds. The van der Waals surface area contributed by atoms with Gasteiger partial charge in [0.05, 0.1) is 0 Å². The van der Waals surface area contributed by atoms with E-state index in [1.165, 1.54) is 0 Å². The zero-order valence-corrected chi connectivity index (χ0v) is 13.7. The largest absolute Gasteiger partial charge is 0.480 e. The number of rotatable bonds is 6. The van der Waals surface area contributed by atoms with Crippen LogP contribution in [0.25, 0.3) is 0 Å². The Morgan fingerprint density at radius 2 is 2.04 bits per heavy atom. The molecule has 1 aliphatic heterocycles. The van der Waals surface area contributed by atoms with Crippen molar-refractivity contribution < 1.29 is 19.4 Å². The molecule has 0 atom stereocenters. The predicted octanol–water partition coefficient (Wildman–Crippen LogP) is 2.90. The highest BCUT2D eigenvalue weighted by atomic mass is 32.2. The molecule has 1 aromatic carbocycles. The van der Waals surface area contributed by atoms with E-state index in [9.17, 15) is 9.59 Å². The maximum atomic E-state index is 12.1. The van der Waals surface area contributed by atoms with E-state index in [0.29, 0.717) is 23.8 Å². The van der Waals surface area contributed by atoms with Crippen LogP contribution in [0.15, 0.2) is 24.3 Å². The van der Waals surface area contributed by atoms with Crippen LogP contribution in [0.1, 0.15) is 31.2 Å². The summed E-state index contributed by atoms with van der Waals surface area (Å²) in [6, 6.07) is 7.67. The molecule has 5 nitrogen and oxygen atoms in total. The third kappa shape index (κ3) is 3.87. The lowest BCUT2D eigenvalue weighted by Gasteiger charge is -2.21. The first-order valence-electron chi connectivity index (χ1n) is 7.93. The number of carboxylic acid groups (broad SMARTS) is 1. The highest BCUT2D eigenvalue weighted by Gasteiger charge is 2.57. The lowest BCUT2D eigenvalue weighted by molar-refractivity contribution is -0.147. The van der Waals surface area contributed by atoms with Gasteiger partial charge in [0.25, 0.3) is 0 Å². The molecule has 0 bridgehead atoms. The van der Waals surface area contributed by atoms with Crippen LogP contribution in [0.5, 0.6) is 0 Å². The number of carbonyl (C=O) groups is 2. The van der Waals surface area contributed by atoms with Gasteiger partial charge in [0.2, 0.25) is 5.91 Å². The topological polar surface area (TPSA) is 75.6 Å². The number of amides is 1. The summed E-state index contributed by atoms with van der Waals surface area (Å²) in [5.41, 5.74) is 0.611. The molecule has 2 aliphatic rings. The van der Waals surface area contributed by atoms with Crippen LogP contribution in [0.3, 0.4) is 0 Å². The van der Waals surface area contributed by atoms with Crippen molar-refractivity contribution >= 4 is 29.3 Å². The number of anilines is 1. The van der Waals surface area contributed by atoms with E-state index in [0.717, 1.165) is 37.4 Å². The van der Waals surface area contributed by atoms with Crippen molar-refractivity contribution in [2.24, 2.45) is 5.41 Å². The Balaban J connectivity index is 1.57. The number of carbonyl (C=O) groups excluding carboxylic acids is 1. The van der Waals surface area contributed by atoms with Gasteiger partial charge < -0.3 is 15.2 Å². The molecule has 3 rings (SSSR count). The van der Waals surface area contributed by atoms with E-state index in [1.807, 2.05) is 30.0 Å². The lowest BCUT2D eigenvalue weighted by Crippen LogP contribution is -2.31. The van der Waals surface area contributed by atoms with Gasteiger partial charge in [-0.3, -0.25) is 9.59 Å². The molecule has 1 aliphatic carbocycles. The van der Waals surface area contributed by atoms with Crippen molar-refractivity contribution in [3.63, 3.8) is 0 Å². The van der Waals surface area contributed by atoms with Gasteiger partial charge in [0, 0.05) is 29.9 Å². The van der Waals surface area contributed by atoms with Crippen molar-refractivity contribution in [3.8, 4) is 0 Å². The Bertz CT molecular complexity index is 594. The van der Waals surface area contributed by atoms with E-state index in [1.54, 1.807) is 6.07 Å². The molecule has 124 valence electrons. The van der Waals surface area contributed by atoms with Crippen LogP contribution in [0, 0.1) is 5.41 Å². The van der Waals surface area contributed by atoms with Crippen LogP contribution in [-0.2, 0) is 20.1 Å². The molecule has 1 saturated carbocycles. The molecule has 2 fully saturated rings. The molecule has 2 N–H and O–H groups in total. The van der Waals surface area contributed by atoms with E-state index in [-0.39, 0.29) is 0 Å². The minimum Gasteiger partial charge on any atom is -0.480 e. The third-order valence-corrected chi connectivity index (χ3v) is 5.88. The number of aliphatic carboxylic acids is 1. The Morgan fingerprint density at radius 3 is 2.70 bits per heavy atom. The lowest BCUT2D eigenvalue weighted by atomic mass is 10.1. The van der Waals surface area contributed by atoms with Gasteiger partial charge in [-0.1, -0.05) is 12.1 Å². The first kappa shape index (κ1) is 16.3. The predicted molar refractivity (Wildman–Crippen MR) is 89.5 cm³/mol. The number of hydrogen-bond acceptors (Lipinski definition) is 4. The zero-order chi connectivity index (χ0) is 16.3. The first-order chi connectivity index (χ1) is 11.1. The number of hydrogen-bond donors (Lipinski definition) is 2. The van der Waals surface area contributed by atoms with Crippen molar-refractivity contribution in [1.29, 1.82) is 0 Å². The zero-order valence-electron chi connectivity index (χ0n) is 12.9. The fraction of sp³-hybridized carbons (Fsp3) is 0.529. The number of carboxylic acids is 1.